The molecule has 1 aliphatic heterocycles. The van der Waals surface area contributed by atoms with Gasteiger partial charge in [0.25, 0.3) is 5.91 Å². The van der Waals surface area contributed by atoms with E-state index >= 15 is 0 Å². The standard InChI is InChI=1S/C26H27N3O3/c1-2-22(29-14-13-19-7-3-4-9-21(19)17-29)16-28-26(30)25-12-11-23(32-25)18-31-24-10-6-5-8-20(24)15-27/h3-12,22H,2,13-14,16-18H2,1H3,(H,28,30). The molecule has 164 valence electrons. The summed E-state index contributed by atoms with van der Waals surface area (Å²) in [5.74, 6) is 1.05. The van der Waals surface area contributed by atoms with Gasteiger partial charge in [-0.25, -0.2) is 0 Å². The van der Waals surface area contributed by atoms with E-state index in [1.807, 2.05) is 6.07 Å². The second-order valence-electron chi connectivity index (χ2n) is 7.92. The molecule has 32 heavy (non-hydrogen) atoms. The molecular formula is C26H27N3O3. The summed E-state index contributed by atoms with van der Waals surface area (Å²) in [6.07, 6.45) is 2.00. The monoisotopic (exact) mass is 429 g/mol. The molecule has 1 aliphatic rings. The highest BCUT2D eigenvalue weighted by Gasteiger charge is 2.23. The smallest absolute Gasteiger partial charge is 0.287 e. The van der Waals surface area contributed by atoms with Crippen LogP contribution in [0.1, 0.15) is 46.3 Å². The average Bonchev–Trinajstić information content (AvgIpc) is 3.32. The third-order valence-corrected chi connectivity index (χ3v) is 5.91. The van der Waals surface area contributed by atoms with E-state index in [0.717, 1.165) is 25.9 Å². The number of hydrogen-bond acceptors (Lipinski definition) is 5. The Balaban J connectivity index is 1.30. The lowest BCUT2D eigenvalue weighted by molar-refractivity contribution is 0.0895. The zero-order valence-corrected chi connectivity index (χ0v) is 18.2. The van der Waals surface area contributed by atoms with Crippen molar-refractivity contribution < 1.29 is 13.9 Å². The van der Waals surface area contributed by atoms with Crippen LogP contribution in [-0.2, 0) is 19.6 Å². The Morgan fingerprint density at radius 1 is 1.16 bits per heavy atom. The highest BCUT2D eigenvalue weighted by atomic mass is 16.5. The molecule has 1 aromatic heterocycles. The molecule has 1 unspecified atom stereocenters. The number of ether oxygens (including phenoxy) is 1. The number of hydrogen-bond donors (Lipinski definition) is 1. The van der Waals surface area contributed by atoms with Crippen molar-refractivity contribution in [2.24, 2.45) is 0 Å². The molecule has 3 aromatic rings. The van der Waals surface area contributed by atoms with Gasteiger partial charge in [0.05, 0.1) is 5.56 Å². The van der Waals surface area contributed by atoms with Crippen LogP contribution in [-0.4, -0.2) is 29.9 Å². The lowest BCUT2D eigenvalue weighted by atomic mass is 9.98. The summed E-state index contributed by atoms with van der Waals surface area (Å²) in [6.45, 7) is 4.78. The first-order valence-electron chi connectivity index (χ1n) is 11.0. The molecule has 1 N–H and O–H groups in total. The van der Waals surface area contributed by atoms with Crippen LogP contribution >= 0.6 is 0 Å². The van der Waals surface area contributed by atoms with E-state index in [1.54, 1.807) is 30.3 Å². The van der Waals surface area contributed by atoms with E-state index in [-0.39, 0.29) is 24.3 Å². The first-order chi connectivity index (χ1) is 15.7. The predicted molar refractivity (Wildman–Crippen MR) is 121 cm³/mol. The van der Waals surface area contributed by atoms with Crippen LogP contribution in [0, 0.1) is 11.3 Å². The summed E-state index contributed by atoms with van der Waals surface area (Å²) in [4.78, 5) is 15.1. The average molecular weight is 430 g/mol. The first kappa shape index (κ1) is 21.7. The molecule has 0 saturated carbocycles. The van der Waals surface area contributed by atoms with Gasteiger partial charge in [0.2, 0.25) is 0 Å². The van der Waals surface area contributed by atoms with Gasteiger partial charge in [-0.1, -0.05) is 43.3 Å². The van der Waals surface area contributed by atoms with Gasteiger partial charge in [0, 0.05) is 25.7 Å². The number of para-hydroxylation sites is 1. The van der Waals surface area contributed by atoms with Crippen molar-refractivity contribution in [2.75, 3.05) is 13.1 Å². The van der Waals surface area contributed by atoms with E-state index < -0.39 is 0 Å². The van der Waals surface area contributed by atoms with Crippen molar-refractivity contribution in [3.05, 3.63) is 88.9 Å². The highest BCUT2D eigenvalue weighted by Crippen LogP contribution is 2.22. The van der Waals surface area contributed by atoms with Gasteiger partial charge in [-0.2, -0.15) is 5.26 Å². The fourth-order valence-electron chi connectivity index (χ4n) is 4.07. The molecule has 0 aliphatic carbocycles. The summed E-state index contributed by atoms with van der Waals surface area (Å²) in [7, 11) is 0. The third-order valence-electron chi connectivity index (χ3n) is 5.91. The number of carbonyl (C=O) groups is 1. The molecule has 4 rings (SSSR count). The number of benzene rings is 2. The molecule has 6 heteroatoms. The van der Waals surface area contributed by atoms with Gasteiger partial charge in [-0.3, -0.25) is 9.69 Å². The fourth-order valence-corrected chi connectivity index (χ4v) is 4.07. The third kappa shape index (κ3) is 5.01. The van der Waals surface area contributed by atoms with Crippen LogP contribution in [0.4, 0.5) is 0 Å². The molecule has 0 saturated heterocycles. The summed E-state index contributed by atoms with van der Waals surface area (Å²) >= 11 is 0. The van der Waals surface area contributed by atoms with Crippen molar-refractivity contribution in [3.8, 4) is 11.8 Å². The SMILES string of the molecule is CCC(CNC(=O)c1ccc(COc2ccccc2C#N)o1)N1CCc2ccccc2C1. The second-order valence-corrected chi connectivity index (χ2v) is 7.92. The predicted octanol–water partition coefficient (Wildman–Crippen LogP) is 4.30. The first-order valence-corrected chi connectivity index (χ1v) is 11.0. The van der Waals surface area contributed by atoms with Crippen molar-refractivity contribution in [1.82, 2.24) is 10.2 Å². The number of furan rings is 1. The lowest BCUT2D eigenvalue weighted by Gasteiger charge is -2.35. The van der Waals surface area contributed by atoms with Crippen molar-refractivity contribution >= 4 is 5.91 Å². The molecule has 0 fully saturated rings. The summed E-state index contributed by atoms with van der Waals surface area (Å²) in [6, 6.07) is 21.3. The highest BCUT2D eigenvalue weighted by molar-refractivity contribution is 5.91. The molecular weight excluding hydrogens is 402 g/mol. The minimum Gasteiger partial charge on any atom is -0.484 e. The van der Waals surface area contributed by atoms with E-state index in [0.29, 0.717) is 23.6 Å². The van der Waals surface area contributed by atoms with Crippen LogP contribution in [0.3, 0.4) is 0 Å². The second kappa shape index (κ2) is 10.2. The van der Waals surface area contributed by atoms with Gasteiger partial charge < -0.3 is 14.5 Å². The van der Waals surface area contributed by atoms with Crippen LogP contribution in [0.2, 0.25) is 0 Å². The van der Waals surface area contributed by atoms with Crippen LogP contribution in [0.15, 0.2) is 65.1 Å². The Bertz CT molecular complexity index is 1120. The van der Waals surface area contributed by atoms with Crippen LogP contribution < -0.4 is 10.1 Å². The molecule has 2 heterocycles. The number of rotatable bonds is 8. The van der Waals surface area contributed by atoms with Crippen molar-refractivity contribution in [1.29, 1.82) is 5.26 Å². The molecule has 0 radical (unpaired) electrons. The molecule has 0 spiro atoms. The maximum atomic E-state index is 12.6. The Hall–Kier alpha value is -3.56. The normalized spacial score (nSPS) is 14.2. The maximum Gasteiger partial charge on any atom is 0.287 e. The van der Waals surface area contributed by atoms with E-state index in [1.165, 1.54) is 11.1 Å². The number of carbonyl (C=O) groups excluding carboxylic acids is 1. The number of fused-ring (bicyclic) bond motifs is 1. The van der Waals surface area contributed by atoms with Gasteiger partial charge in [0.15, 0.2) is 5.76 Å². The zero-order chi connectivity index (χ0) is 22.3. The van der Waals surface area contributed by atoms with Gasteiger partial charge >= 0.3 is 0 Å². The Morgan fingerprint density at radius 3 is 2.75 bits per heavy atom. The minimum atomic E-state index is -0.232. The van der Waals surface area contributed by atoms with Crippen LogP contribution in [0.25, 0.3) is 0 Å². The molecule has 6 nitrogen and oxygen atoms in total. The van der Waals surface area contributed by atoms with Gasteiger partial charge in [0.1, 0.15) is 24.2 Å². The minimum absolute atomic E-state index is 0.150. The molecule has 0 bridgehead atoms. The van der Waals surface area contributed by atoms with Crippen molar-refractivity contribution in [2.45, 2.75) is 39.0 Å². The Morgan fingerprint density at radius 2 is 1.94 bits per heavy atom. The van der Waals surface area contributed by atoms with Crippen molar-refractivity contribution in [3.63, 3.8) is 0 Å². The fraction of sp³-hybridized carbons (Fsp3) is 0.308. The van der Waals surface area contributed by atoms with E-state index in [4.69, 9.17) is 14.4 Å². The number of nitrogens with one attached hydrogen (secondary N) is 1. The summed E-state index contributed by atoms with van der Waals surface area (Å²) in [5.41, 5.74) is 3.26. The van der Waals surface area contributed by atoms with Gasteiger partial charge in [-0.05, 0) is 48.2 Å². The quantitative estimate of drug-likeness (QED) is 0.578. The Labute approximate surface area is 188 Å². The summed E-state index contributed by atoms with van der Waals surface area (Å²) in [5, 5.41) is 12.2. The van der Waals surface area contributed by atoms with Crippen LogP contribution in [0.5, 0.6) is 5.75 Å². The van der Waals surface area contributed by atoms with E-state index in [9.17, 15) is 4.79 Å². The maximum absolute atomic E-state index is 12.6. The molecule has 1 amide bonds. The zero-order valence-electron chi connectivity index (χ0n) is 18.2. The Kier molecular flexibility index (Phi) is 6.88. The topological polar surface area (TPSA) is 78.5 Å². The largest absolute Gasteiger partial charge is 0.484 e. The number of amides is 1. The van der Waals surface area contributed by atoms with E-state index in [2.05, 4.69) is 47.5 Å². The molecule has 2 aromatic carbocycles. The number of nitrogens with zero attached hydrogens (tertiary/aromatic N) is 2. The summed E-state index contributed by atoms with van der Waals surface area (Å²) < 4.78 is 11.3. The molecule has 1 atom stereocenters. The van der Waals surface area contributed by atoms with Gasteiger partial charge in [-0.15, -0.1) is 0 Å². The lowest BCUT2D eigenvalue weighted by Crippen LogP contribution is -2.45. The number of nitriles is 1.